The van der Waals surface area contributed by atoms with Crippen molar-refractivity contribution in [2.24, 2.45) is 0 Å². The second-order valence-corrected chi connectivity index (χ2v) is 6.42. The third kappa shape index (κ3) is 16.1. The Bertz CT molecular complexity index is 65.3. The van der Waals surface area contributed by atoms with E-state index in [0.29, 0.717) is 0 Å². The van der Waals surface area contributed by atoms with Crippen LogP contribution >= 0.6 is 0 Å². The number of hydrogen-bond donors (Lipinski definition) is 0. The summed E-state index contributed by atoms with van der Waals surface area (Å²) in [5, 5.41) is 0. The first-order chi connectivity index (χ1) is 3.56. The third-order valence-electron chi connectivity index (χ3n) is 0.697. The molecule has 4 heteroatoms. The molecule has 0 unspecified atom stereocenters. The maximum atomic E-state index is 5.41. The van der Waals surface area contributed by atoms with Crippen LogP contribution < -0.4 is 12.4 Å². The van der Waals surface area contributed by atoms with Crippen LogP contribution in [0.5, 0.6) is 0 Å². The van der Waals surface area contributed by atoms with Crippen molar-refractivity contribution >= 4 is 31.4 Å². The first kappa shape index (κ1) is 17.4. The van der Waals surface area contributed by atoms with Crippen molar-refractivity contribution in [3.05, 3.63) is 6.55 Å². The van der Waals surface area contributed by atoms with E-state index in [-0.39, 0.29) is 35.5 Å². The molecule has 0 saturated heterocycles. The van der Waals surface area contributed by atoms with Gasteiger partial charge in [-0.05, 0) is 6.42 Å². The largest absolute Gasteiger partial charge is 2.00 e. The molecular formula is C6H15ClMgOSi. The normalized spacial score (nSPS) is 9.60. The molecule has 0 bridgehead atoms. The average Bonchev–Trinajstić information content (AvgIpc) is 1.59. The molecule has 0 aliphatic rings. The van der Waals surface area contributed by atoms with Crippen LogP contribution in [0.4, 0.5) is 0 Å². The Morgan fingerprint density at radius 1 is 1.40 bits per heavy atom. The first-order valence-electron chi connectivity index (χ1n) is 3.05. The predicted molar refractivity (Wildman–Crippen MR) is 44.8 cm³/mol. The minimum absolute atomic E-state index is 0. The molecule has 0 aliphatic heterocycles. The molecule has 0 atom stereocenters. The van der Waals surface area contributed by atoms with Crippen LogP contribution in [0.15, 0.2) is 0 Å². The van der Waals surface area contributed by atoms with Crippen LogP contribution in [0, 0.1) is 6.55 Å². The molecule has 0 spiro atoms. The molecule has 0 saturated carbocycles. The zero-order valence-electron chi connectivity index (χ0n) is 7.11. The molecule has 0 rings (SSSR count). The molecule has 0 N–H and O–H groups in total. The summed E-state index contributed by atoms with van der Waals surface area (Å²) in [6, 6.07) is 0. The van der Waals surface area contributed by atoms with Crippen molar-refractivity contribution in [1.82, 2.24) is 0 Å². The molecule has 10 heavy (non-hydrogen) atoms. The maximum Gasteiger partial charge on any atom is 2.00 e. The Morgan fingerprint density at radius 2 is 1.80 bits per heavy atom. The molecule has 0 fully saturated rings. The molecule has 0 amide bonds. The van der Waals surface area contributed by atoms with Crippen molar-refractivity contribution < 1.29 is 16.8 Å². The molecule has 58 valence electrons. The molecule has 0 aromatic rings. The molecule has 0 aromatic carbocycles. The summed E-state index contributed by atoms with van der Waals surface area (Å²) in [5.74, 6) is 0. The Labute approximate surface area is 87.6 Å². The Kier molecular flexibility index (Phi) is 14.5. The fourth-order valence-corrected chi connectivity index (χ4v) is 1.14. The van der Waals surface area contributed by atoms with Crippen molar-refractivity contribution in [1.29, 1.82) is 0 Å². The standard InChI is InChI=1S/C6H15OSi.ClH.Mg/c1-5-6-7-8(2,3)4;;/h2,5-6H2,1,3-4H3;1H;/q-1;;+2/p-1. The van der Waals surface area contributed by atoms with Gasteiger partial charge in [0.25, 0.3) is 0 Å². The maximum absolute atomic E-state index is 5.41. The van der Waals surface area contributed by atoms with Crippen LogP contribution in [0.1, 0.15) is 13.3 Å². The summed E-state index contributed by atoms with van der Waals surface area (Å²) >= 11 is 0. The van der Waals surface area contributed by atoms with Gasteiger partial charge < -0.3 is 23.4 Å². The van der Waals surface area contributed by atoms with Crippen LogP contribution in [0.25, 0.3) is 0 Å². The van der Waals surface area contributed by atoms with E-state index in [9.17, 15) is 0 Å². The number of halogens is 1. The van der Waals surface area contributed by atoms with E-state index in [1.165, 1.54) is 0 Å². The van der Waals surface area contributed by atoms with Crippen molar-refractivity contribution in [3.8, 4) is 0 Å². The molecule has 0 aliphatic carbocycles. The smallest absolute Gasteiger partial charge is 1.00 e. The van der Waals surface area contributed by atoms with E-state index < -0.39 is 8.32 Å². The fourth-order valence-electron chi connectivity index (χ4n) is 0.378. The molecular weight excluding hydrogens is 176 g/mol. The zero-order chi connectivity index (χ0) is 6.62. The van der Waals surface area contributed by atoms with Gasteiger partial charge >= 0.3 is 23.1 Å². The van der Waals surface area contributed by atoms with Gasteiger partial charge in [-0.15, -0.1) is 0 Å². The summed E-state index contributed by atoms with van der Waals surface area (Å²) in [5.41, 5.74) is 0. The zero-order valence-corrected chi connectivity index (χ0v) is 10.3. The minimum atomic E-state index is -1.43. The van der Waals surface area contributed by atoms with E-state index in [2.05, 4.69) is 26.6 Å². The topological polar surface area (TPSA) is 9.23 Å². The van der Waals surface area contributed by atoms with Crippen LogP contribution in [0.3, 0.4) is 0 Å². The SMILES string of the molecule is [CH2-][Si](C)(C)OCCC.[Cl-].[Mg+2]. The van der Waals surface area contributed by atoms with Gasteiger partial charge in [0.2, 0.25) is 0 Å². The summed E-state index contributed by atoms with van der Waals surface area (Å²) < 4.78 is 5.41. The Balaban J connectivity index is -0.000000245. The van der Waals surface area contributed by atoms with Crippen LogP contribution in [-0.4, -0.2) is 38.0 Å². The molecule has 0 heterocycles. The fraction of sp³-hybridized carbons (Fsp3) is 0.833. The molecule has 0 radical (unpaired) electrons. The van der Waals surface area contributed by atoms with Gasteiger partial charge in [-0.25, -0.2) is 0 Å². The van der Waals surface area contributed by atoms with E-state index in [1.54, 1.807) is 0 Å². The van der Waals surface area contributed by atoms with Gasteiger partial charge in [0.05, 0.1) is 0 Å². The number of rotatable bonds is 3. The van der Waals surface area contributed by atoms with Crippen molar-refractivity contribution in [2.45, 2.75) is 26.4 Å². The van der Waals surface area contributed by atoms with Gasteiger partial charge in [-0.2, -0.15) is 0 Å². The summed E-state index contributed by atoms with van der Waals surface area (Å²) in [6.07, 6.45) is 1.10. The third-order valence-corrected chi connectivity index (χ3v) is 1.68. The van der Waals surface area contributed by atoms with E-state index in [0.717, 1.165) is 13.0 Å². The quantitative estimate of drug-likeness (QED) is 0.394. The van der Waals surface area contributed by atoms with Crippen molar-refractivity contribution in [3.63, 3.8) is 0 Å². The van der Waals surface area contributed by atoms with Gasteiger partial charge in [0.1, 0.15) is 0 Å². The number of hydrogen-bond acceptors (Lipinski definition) is 1. The van der Waals surface area contributed by atoms with Crippen molar-refractivity contribution in [2.75, 3.05) is 6.61 Å². The second-order valence-electron chi connectivity index (χ2n) is 2.61. The van der Waals surface area contributed by atoms with Crippen LogP contribution in [0.2, 0.25) is 13.1 Å². The summed E-state index contributed by atoms with van der Waals surface area (Å²) in [6.45, 7) is 11.1. The monoisotopic (exact) mass is 190 g/mol. The van der Waals surface area contributed by atoms with Gasteiger partial charge in [0.15, 0.2) is 0 Å². The summed E-state index contributed by atoms with van der Waals surface area (Å²) in [7, 11) is -1.43. The Morgan fingerprint density at radius 3 is 1.90 bits per heavy atom. The first-order valence-corrected chi connectivity index (χ1v) is 6.17. The summed E-state index contributed by atoms with van der Waals surface area (Å²) in [4.78, 5) is 0. The second kappa shape index (κ2) is 8.33. The molecule has 1 nitrogen and oxygen atoms in total. The van der Waals surface area contributed by atoms with Gasteiger partial charge in [-0.3, -0.25) is 0 Å². The average molecular weight is 191 g/mol. The minimum Gasteiger partial charge on any atom is -1.00 e. The van der Waals surface area contributed by atoms with Gasteiger partial charge in [0, 0.05) is 14.9 Å². The molecule has 0 aromatic heterocycles. The Hall–Kier alpha value is 1.23. The van der Waals surface area contributed by atoms with Crippen LogP contribution in [-0.2, 0) is 4.43 Å². The van der Waals surface area contributed by atoms with E-state index >= 15 is 0 Å². The van der Waals surface area contributed by atoms with Gasteiger partial charge in [-0.1, -0.05) is 20.0 Å². The predicted octanol–water partition coefficient (Wildman–Crippen LogP) is -1.39. The van der Waals surface area contributed by atoms with E-state index in [4.69, 9.17) is 4.43 Å². The van der Waals surface area contributed by atoms with E-state index in [1.807, 2.05) is 0 Å².